The van der Waals surface area contributed by atoms with Crippen molar-refractivity contribution in [3.8, 4) is 5.88 Å². The summed E-state index contributed by atoms with van der Waals surface area (Å²) in [4.78, 5) is 27.7. The lowest BCUT2D eigenvalue weighted by atomic mass is 10.1. The highest BCUT2D eigenvalue weighted by Gasteiger charge is 2.29. The van der Waals surface area contributed by atoms with Crippen molar-refractivity contribution in [2.24, 2.45) is 0 Å². The third kappa shape index (κ3) is 7.26. The Hall–Kier alpha value is -2.61. The molecule has 1 aromatic carbocycles. The molecule has 9 heteroatoms. The molecule has 0 spiro atoms. The molecule has 0 saturated heterocycles. The van der Waals surface area contributed by atoms with Crippen molar-refractivity contribution >= 4 is 23.3 Å². The van der Waals surface area contributed by atoms with Crippen LogP contribution in [0.15, 0.2) is 42.6 Å². The molecule has 0 aliphatic rings. The molecule has 0 atom stereocenters. The molecule has 2 aromatic rings. The second-order valence-electron chi connectivity index (χ2n) is 5.58. The summed E-state index contributed by atoms with van der Waals surface area (Å²) in [6, 6.07) is 9.33. The Morgan fingerprint density at radius 3 is 2.48 bits per heavy atom. The van der Waals surface area contributed by atoms with Crippen molar-refractivity contribution in [1.82, 2.24) is 10.3 Å². The molecule has 2 rings (SSSR count). The number of ketones is 1. The zero-order valence-electron chi connectivity index (χ0n) is 14.1. The first kappa shape index (κ1) is 20.7. The van der Waals surface area contributed by atoms with E-state index in [1.54, 1.807) is 24.3 Å². The van der Waals surface area contributed by atoms with Gasteiger partial charge in [-0.3, -0.25) is 9.59 Å². The Morgan fingerprint density at radius 2 is 1.81 bits per heavy atom. The lowest BCUT2D eigenvalue weighted by molar-refractivity contribution is -0.154. The van der Waals surface area contributed by atoms with Crippen LogP contribution in [0.4, 0.5) is 13.2 Å². The molecule has 27 heavy (non-hydrogen) atoms. The predicted octanol–water partition coefficient (Wildman–Crippen LogP) is 3.96. The number of nitrogens with zero attached hydrogens (tertiary/aromatic N) is 1. The smallest absolute Gasteiger partial charge is 0.422 e. The number of carbonyl (C=O) groups is 2. The van der Waals surface area contributed by atoms with E-state index in [9.17, 15) is 22.8 Å². The van der Waals surface area contributed by atoms with Crippen molar-refractivity contribution in [1.29, 1.82) is 0 Å². The molecule has 0 saturated carbocycles. The largest absolute Gasteiger partial charge is 0.468 e. The van der Waals surface area contributed by atoms with Crippen molar-refractivity contribution < 1.29 is 27.5 Å². The SMILES string of the molecule is O=C(CCC(=O)c1ccc(Cl)cc1)NCc1cccnc1OCC(F)(F)F. The topological polar surface area (TPSA) is 68.3 Å². The summed E-state index contributed by atoms with van der Waals surface area (Å²) in [6.45, 7) is -1.53. The van der Waals surface area contributed by atoms with Crippen LogP contribution in [0.25, 0.3) is 0 Å². The molecule has 0 bridgehead atoms. The second-order valence-corrected chi connectivity index (χ2v) is 6.01. The normalized spacial score (nSPS) is 11.1. The minimum atomic E-state index is -4.49. The van der Waals surface area contributed by atoms with Gasteiger partial charge in [-0.15, -0.1) is 0 Å². The van der Waals surface area contributed by atoms with Gasteiger partial charge in [0.1, 0.15) is 0 Å². The fourth-order valence-corrected chi connectivity index (χ4v) is 2.25. The van der Waals surface area contributed by atoms with Crippen LogP contribution in [-0.2, 0) is 11.3 Å². The Labute approximate surface area is 158 Å². The number of pyridine rings is 1. The fraction of sp³-hybridized carbons (Fsp3) is 0.278. The van der Waals surface area contributed by atoms with Crippen LogP contribution in [0.2, 0.25) is 5.02 Å². The zero-order valence-corrected chi connectivity index (χ0v) is 14.8. The van der Waals surface area contributed by atoms with E-state index in [1.807, 2.05) is 0 Å². The van der Waals surface area contributed by atoms with Crippen molar-refractivity contribution in [2.75, 3.05) is 6.61 Å². The summed E-state index contributed by atoms with van der Waals surface area (Å²) in [5, 5.41) is 3.04. The van der Waals surface area contributed by atoms with Gasteiger partial charge < -0.3 is 10.1 Å². The molecule has 0 radical (unpaired) electrons. The van der Waals surface area contributed by atoms with Gasteiger partial charge in [-0.25, -0.2) is 4.98 Å². The number of Topliss-reactive ketones (excluding diaryl/α,β-unsaturated/α-hetero) is 1. The molecule has 0 fully saturated rings. The average Bonchev–Trinajstić information content (AvgIpc) is 2.63. The molecule has 1 amide bonds. The molecule has 5 nitrogen and oxygen atoms in total. The van der Waals surface area contributed by atoms with Crippen LogP contribution in [0.3, 0.4) is 0 Å². The third-order valence-corrected chi connectivity index (χ3v) is 3.70. The Kier molecular flexibility index (Phi) is 7.18. The molecule has 0 unspecified atom stereocenters. The third-order valence-electron chi connectivity index (χ3n) is 3.44. The van der Waals surface area contributed by atoms with Gasteiger partial charge in [-0.2, -0.15) is 13.2 Å². The highest BCUT2D eigenvalue weighted by molar-refractivity contribution is 6.30. The first-order chi connectivity index (χ1) is 12.7. The predicted molar refractivity (Wildman–Crippen MR) is 92.7 cm³/mol. The van der Waals surface area contributed by atoms with E-state index in [0.717, 1.165) is 0 Å². The number of rotatable bonds is 8. The van der Waals surface area contributed by atoms with Crippen LogP contribution in [0.5, 0.6) is 5.88 Å². The van der Waals surface area contributed by atoms with Gasteiger partial charge in [0.25, 0.3) is 0 Å². The number of alkyl halides is 3. The van der Waals surface area contributed by atoms with E-state index in [4.69, 9.17) is 11.6 Å². The van der Waals surface area contributed by atoms with Gasteiger partial charge in [0.2, 0.25) is 11.8 Å². The van der Waals surface area contributed by atoms with E-state index >= 15 is 0 Å². The van der Waals surface area contributed by atoms with Gasteiger partial charge in [0, 0.05) is 41.7 Å². The second kappa shape index (κ2) is 9.36. The number of carbonyl (C=O) groups excluding carboxylic acids is 2. The van der Waals surface area contributed by atoms with Crippen molar-refractivity contribution in [3.05, 3.63) is 58.7 Å². The van der Waals surface area contributed by atoms with Crippen molar-refractivity contribution in [2.45, 2.75) is 25.6 Å². The van der Waals surface area contributed by atoms with Gasteiger partial charge >= 0.3 is 6.18 Å². The monoisotopic (exact) mass is 400 g/mol. The first-order valence-electron chi connectivity index (χ1n) is 7.93. The van der Waals surface area contributed by atoms with Gasteiger partial charge in [-0.1, -0.05) is 17.7 Å². The number of ether oxygens (including phenoxy) is 1. The van der Waals surface area contributed by atoms with Gasteiger partial charge in [0.05, 0.1) is 0 Å². The minimum absolute atomic E-state index is 0.00205. The number of hydrogen-bond donors (Lipinski definition) is 1. The van der Waals surface area contributed by atoms with E-state index in [-0.39, 0.29) is 31.0 Å². The average molecular weight is 401 g/mol. The van der Waals surface area contributed by atoms with Gasteiger partial charge in [0.15, 0.2) is 12.4 Å². The summed E-state index contributed by atoms with van der Waals surface area (Å²) >= 11 is 5.75. The summed E-state index contributed by atoms with van der Waals surface area (Å²) in [5.74, 6) is -0.826. The summed E-state index contributed by atoms with van der Waals surface area (Å²) < 4.78 is 41.4. The summed E-state index contributed by atoms with van der Waals surface area (Å²) in [6.07, 6.45) is -3.25. The number of nitrogens with one attached hydrogen (secondary N) is 1. The van der Waals surface area contributed by atoms with Crippen LogP contribution in [0, 0.1) is 0 Å². The zero-order chi connectivity index (χ0) is 19.9. The summed E-state index contributed by atoms with van der Waals surface area (Å²) in [7, 11) is 0. The number of aromatic nitrogens is 1. The Morgan fingerprint density at radius 1 is 1.11 bits per heavy atom. The highest BCUT2D eigenvalue weighted by Crippen LogP contribution is 2.20. The first-order valence-corrected chi connectivity index (χ1v) is 8.31. The molecule has 1 aromatic heterocycles. The Balaban J connectivity index is 1.83. The van der Waals surface area contributed by atoms with Crippen LogP contribution >= 0.6 is 11.6 Å². The van der Waals surface area contributed by atoms with E-state index < -0.39 is 18.7 Å². The molecule has 0 aliphatic heterocycles. The maximum absolute atomic E-state index is 12.3. The molecule has 0 aliphatic carbocycles. The number of hydrogen-bond acceptors (Lipinski definition) is 4. The van der Waals surface area contributed by atoms with E-state index in [0.29, 0.717) is 16.1 Å². The van der Waals surface area contributed by atoms with E-state index in [2.05, 4.69) is 15.0 Å². The van der Waals surface area contributed by atoms with Crippen LogP contribution < -0.4 is 10.1 Å². The van der Waals surface area contributed by atoms with Crippen LogP contribution in [0.1, 0.15) is 28.8 Å². The summed E-state index contributed by atoms with van der Waals surface area (Å²) in [5.41, 5.74) is 0.751. The fourth-order valence-electron chi connectivity index (χ4n) is 2.13. The van der Waals surface area contributed by atoms with E-state index in [1.165, 1.54) is 18.3 Å². The molecular formula is C18H16ClF3N2O3. The molecule has 1 N–H and O–H groups in total. The standard InChI is InChI=1S/C18H16ClF3N2O3/c19-14-5-3-12(4-6-14)15(25)7-8-16(26)24-10-13-2-1-9-23-17(13)27-11-18(20,21)22/h1-6,9H,7-8,10-11H2,(H,24,26). The lowest BCUT2D eigenvalue weighted by Crippen LogP contribution is -2.25. The van der Waals surface area contributed by atoms with Gasteiger partial charge in [-0.05, 0) is 30.3 Å². The minimum Gasteiger partial charge on any atom is -0.468 e. The molecule has 144 valence electrons. The number of halogens is 4. The molecule has 1 heterocycles. The number of benzene rings is 1. The number of amides is 1. The highest BCUT2D eigenvalue weighted by atomic mass is 35.5. The maximum Gasteiger partial charge on any atom is 0.422 e. The lowest BCUT2D eigenvalue weighted by Gasteiger charge is -2.12. The molecular weight excluding hydrogens is 385 g/mol. The quantitative estimate of drug-likeness (QED) is 0.681. The van der Waals surface area contributed by atoms with Crippen molar-refractivity contribution in [3.63, 3.8) is 0 Å². The maximum atomic E-state index is 12.3. The van der Waals surface area contributed by atoms with Crippen LogP contribution in [-0.4, -0.2) is 29.5 Å². The Bertz CT molecular complexity index is 795.